The van der Waals surface area contributed by atoms with Gasteiger partial charge in [0.1, 0.15) is 15.4 Å². The lowest BCUT2D eigenvalue weighted by molar-refractivity contribution is -0.118. The van der Waals surface area contributed by atoms with Crippen molar-refractivity contribution in [2.45, 2.75) is 32.7 Å². The van der Waals surface area contributed by atoms with Crippen LogP contribution in [0.4, 0.5) is 5.69 Å². The number of benzene rings is 1. The van der Waals surface area contributed by atoms with Crippen molar-refractivity contribution in [3.05, 3.63) is 39.8 Å². The first-order valence-corrected chi connectivity index (χ1v) is 7.54. The monoisotopic (exact) mass is 309 g/mol. The summed E-state index contributed by atoms with van der Waals surface area (Å²) in [5.74, 6) is -0.134. The highest BCUT2D eigenvalue weighted by molar-refractivity contribution is 7.11. The largest absolute Gasteiger partial charge is 0.304 e. The number of hydrogen-bond donors (Lipinski definition) is 0. The minimum Gasteiger partial charge on any atom is -0.304 e. The summed E-state index contributed by atoms with van der Waals surface area (Å²) in [6, 6.07) is 7.78. The Bertz CT molecular complexity index is 612. The van der Waals surface area contributed by atoms with Crippen LogP contribution in [-0.4, -0.2) is 21.5 Å². The van der Waals surface area contributed by atoms with E-state index in [-0.39, 0.29) is 5.91 Å². The van der Waals surface area contributed by atoms with Gasteiger partial charge in [-0.2, -0.15) is 0 Å². The molecule has 0 radical (unpaired) electrons. The van der Waals surface area contributed by atoms with Gasteiger partial charge in [-0.25, -0.2) is 0 Å². The minimum atomic E-state index is -0.579. The zero-order valence-corrected chi connectivity index (χ0v) is 13.2. The molecule has 0 aliphatic carbocycles. The number of amides is 1. The fourth-order valence-corrected chi connectivity index (χ4v) is 2.66. The van der Waals surface area contributed by atoms with Gasteiger partial charge in [-0.1, -0.05) is 23.5 Å². The summed E-state index contributed by atoms with van der Waals surface area (Å²) in [7, 11) is 0. The van der Waals surface area contributed by atoms with E-state index in [2.05, 4.69) is 10.2 Å². The molecule has 1 heterocycles. The maximum Gasteiger partial charge on any atom is 0.245 e. The van der Waals surface area contributed by atoms with Crippen molar-refractivity contribution in [2.24, 2.45) is 0 Å². The van der Waals surface area contributed by atoms with E-state index in [4.69, 9.17) is 11.6 Å². The molecule has 1 amide bonds. The SMILES string of the molecule is Cc1cccc(N(Cc2nnc(C)s2)C(=O)C(C)Cl)c1. The summed E-state index contributed by atoms with van der Waals surface area (Å²) in [6.07, 6.45) is 0. The van der Waals surface area contributed by atoms with E-state index in [9.17, 15) is 4.79 Å². The highest BCUT2D eigenvalue weighted by Crippen LogP contribution is 2.22. The third-order valence-electron chi connectivity index (χ3n) is 2.78. The van der Waals surface area contributed by atoms with Crippen LogP contribution in [0.15, 0.2) is 24.3 Å². The van der Waals surface area contributed by atoms with Gasteiger partial charge in [-0.3, -0.25) is 4.79 Å². The minimum absolute atomic E-state index is 0.134. The molecule has 1 atom stereocenters. The quantitative estimate of drug-likeness (QED) is 0.814. The number of anilines is 1. The number of hydrogen-bond acceptors (Lipinski definition) is 4. The molecule has 2 rings (SSSR count). The number of nitrogens with zero attached hydrogens (tertiary/aromatic N) is 3. The second-order valence-corrected chi connectivity index (χ2v) is 6.52. The number of carbonyl (C=O) groups is 1. The van der Waals surface area contributed by atoms with Crippen LogP contribution >= 0.6 is 22.9 Å². The lowest BCUT2D eigenvalue weighted by atomic mass is 10.2. The van der Waals surface area contributed by atoms with Crippen LogP contribution in [0.5, 0.6) is 0 Å². The molecule has 0 spiro atoms. The van der Waals surface area contributed by atoms with Crippen LogP contribution in [0, 0.1) is 13.8 Å². The van der Waals surface area contributed by atoms with E-state index in [1.807, 2.05) is 38.1 Å². The molecule has 1 aromatic carbocycles. The topological polar surface area (TPSA) is 46.1 Å². The van der Waals surface area contributed by atoms with Crippen molar-refractivity contribution in [1.82, 2.24) is 10.2 Å². The molecular formula is C14H16ClN3OS. The average Bonchev–Trinajstić information content (AvgIpc) is 2.80. The second-order valence-electron chi connectivity index (χ2n) is 4.59. The van der Waals surface area contributed by atoms with Gasteiger partial charge in [0.2, 0.25) is 5.91 Å². The van der Waals surface area contributed by atoms with E-state index >= 15 is 0 Å². The van der Waals surface area contributed by atoms with Crippen molar-refractivity contribution in [3.8, 4) is 0 Å². The van der Waals surface area contributed by atoms with Crippen molar-refractivity contribution in [3.63, 3.8) is 0 Å². The molecule has 6 heteroatoms. The van der Waals surface area contributed by atoms with Gasteiger partial charge in [0.15, 0.2) is 0 Å². The van der Waals surface area contributed by atoms with Crippen molar-refractivity contribution < 1.29 is 4.79 Å². The number of aryl methyl sites for hydroxylation is 2. The summed E-state index contributed by atoms with van der Waals surface area (Å²) >= 11 is 7.45. The Morgan fingerprint density at radius 1 is 1.40 bits per heavy atom. The second kappa shape index (κ2) is 6.33. The molecule has 0 fully saturated rings. The van der Waals surface area contributed by atoms with Crippen molar-refractivity contribution >= 4 is 34.5 Å². The zero-order chi connectivity index (χ0) is 14.7. The van der Waals surface area contributed by atoms with E-state index < -0.39 is 5.38 Å². The van der Waals surface area contributed by atoms with Crippen molar-refractivity contribution in [1.29, 1.82) is 0 Å². The fraction of sp³-hybridized carbons (Fsp3) is 0.357. The molecule has 0 saturated carbocycles. The first kappa shape index (κ1) is 14.9. The normalized spacial score (nSPS) is 12.2. The predicted octanol–water partition coefficient (Wildman–Crippen LogP) is 3.32. The lowest BCUT2D eigenvalue weighted by Gasteiger charge is -2.23. The molecule has 1 aromatic heterocycles. The third kappa shape index (κ3) is 3.55. The molecule has 20 heavy (non-hydrogen) atoms. The summed E-state index contributed by atoms with van der Waals surface area (Å²) in [5.41, 5.74) is 1.92. The number of alkyl halides is 1. The van der Waals surface area contributed by atoms with Crippen LogP contribution in [0.3, 0.4) is 0 Å². The maximum atomic E-state index is 12.3. The smallest absolute Gasteiger partial charge is 0.245 e. The molecule has 2 aromatic rings. The number of halogens is 1. The Morgan fingerprint density at radius 3 is 2.70 bits per heavy atom. The van der Waals surface area contributed by atoms with Gasteiger partial charge >= 0.3 is 0 Å². The molecule has 0 N–H and O–H groups in total. The molecule has 106 valence electrons. The van der Waals surface area contributed by atoms with Gasteiger partial charge in [-0.05, 0) is 38.5 Å². The van der Waals surface area contributed by atoms with E-state index in [0.29, 0.717) is 6.54 Å². The fourth-order valence-electron chi connectivity index (χ4n) is 1.84. The molecule has 0 aliphatic rings. The summed E-state index contributed by atoms with van der Waals surface area (Å²) < 4.78 is 0. The van der Waals surface area contributed by atoms with E-state index in [0.717, 1.165) is 21.3 Å². The Hall–Kier alpha value is -1.46. The first-order chi connectivity index (χ1) is 9.47. The van der Waals surface area contributed by atoms with Gasteiger partial charge in [0, 0.05) is 5.69 Å². The summed E-state index contributed by atoms with van der Waals surface area (Å²) in [4.78, 5) is 14.0. The van der Waals surface area contributed by atoms with Crippen LogP contribution in [0.1, 0.15) is 22.5 Å². The molecule has 1 unspecified atom stereocenters. The summed E-state index contributed by atoms with van der Waals surface area (Å²) in [5, 5.41) is 9.17. The Kier molecular flexibility index (Phi) is 4.73. The van der Waals surface area contributed by atoms with E-state index in [1.54, 1.807) is 11.8 Å². The van der Waals surface area contributed by atoms with Gasteiger partial charge < -0.3 is 4.90 Å². The molecule has 0 saturated heterocycles. The Balaban J connectivity index is 2.32. The van der Waals surface area contributed by atoms with Crippen LogP contribution in [0.2, 0.25) is 0 Å². The molecule has 4 nitrogen and oxygen atoms in total. The van der Waals surface area contributed by atoms with E-state index in [1.165, 1.54) is 11.3 Å². The van der Waals surface area contributed by atoms with Crippen LogP contribution in [-0.2, 0) is 11.3 Å². The standard InChI is InChI=1S/C14H16ClN3OS/c1-9-5-4-6-12(7-9)18(14(19)10(2)15)8-13-17-16-11(3)20-13/h4-7,10H,8H2,1-3H3. The van der Waals surface area contributed by atoms with Crippen LogP contribution in [0.25, 0.3) is 0 Å². The third-order valence-corrected chi connectivity index (χ3v) is 3.79. The van der Waals surface area contributed by atoms with Gasteiger partial charge in [0.25, 0.3) is 0 Å². The average molecular weight is 310 g/mol. The highest BCUT2D eigenvalue weighted by atomic mass is 35.5. The number of carbonyl (C=O) groups excluding carboxylic acids is 1. The number of rotatable bonds is 4. The first-order valence-electron chi connectivity index (χ1n) is 6.28. The van der Waals surface area contributed by atoms with Gasteiger partial charge in [-0.15, -0.1) is 21.8 Å². The zero-order valence-electron chi connectivity index (χ0n) is 11.6. The Morgan fingerprint density at radius 2 is 2.15 bits per heavy atom. The van der Waals surface area contributed by atoms with Crippen LogP contribution < -0.4 is 4.90 Å². The lowest BCUT2D eigenvalue weighted by Crippen LogP contribution is -2.35. The molecule has 0 aliphatic heterocycles. The predicted molar refractivity (Wildman–Crippen MR) is 82.3 cm³/mol. The number of aromatic nitrogens is 2. The molecule has 0 bridgehead atoms. The highest BCUT2D eigenvalue weighted by Gasteiger charge is 2.22. The van der Waals surface area contributed by atoms with Crippen molar-refractivity contribution in [2.75, 3.05) is 4.90 Å². The van der Waals surface area contributed by atoms with Gasteiger partial charge in [0.05, 0.1) is 6.54 Å². The Labute approximate surface area is 127 Å². The summed E-state index contributed by atoms with van der Waals surface area (Å²) in [6.45, 7) is 5.96. The maximum absolute atomic E-state index is 12.3. The molecular weight excluding hydrogens is 294 g/mol.